The van der Waals surface area contributed by atoms with E-state index in [0.717, 1.165) is 5.56 Å². The fourth-order valence-corrected chi connectivity index (χ4v) is 1.62. The molecule has 0 fully saturated rings. The van der Waals surface area contributed by atoms with Crippen molar-refractivity contribution in [3.63, 3.8) is 0 Å². The minimum atomic E-state index is -0.0868. The van der Waals surface area contributed by atoms with Gasteiger partial charge in [0, 0.05) is 12.1 Å². The highest BCUT2D eigenvalue weighted by atomic mass is 16.5. The van der Waals surface area contributed by atoms with Crippen molar-refractivity contribution < 1.29 is 9.53 Å². The first-order valence-electron chi connectivity index (χ1n) is 5.37. The van der Waals surface area contributed by atoms with E-state index in [1.165, 1.54) is 0 Å². The number of benzene rings is 1. The van der Waals surface area contributed by atoms with Crippen LogP contribution < -0.4 is 5.32 Å². The lowest BCUT2D eigenvalue weighted by Gasteiger charge is -2.08. The van der Waals surface area contributed by atoms with Crippen LogP contribution in [0.4, 0.5) is 0 Å². The summed E-state index contributed by atoms with van der Waals surface area (Å²) >= 11 is 0. The van der Waals surface area contributed by atoms with Gasteiger partial charge in [0.05, 0.1) is 12.1 Å². The van der Waals surface area contributed by atoms with Crippen molar-refractivity contribution in [2.45, 2.75) is 6.92 Å². The molecule has 1 amide bonds. The third kappa shape index (κ3) is 2.05. The zero-order chi connectivity index (χ0) is 11.4. The number of carbonyl (C=O) groups excluding carboxylic acids is 1. The van der Waals surface area contributed by atoms with E-state index in [-0.39, 0.29) is 5.91 Å². The van der Waals surface area contributed by atoms with Gasteiger partial charge in [-0.25, -0.2) is 4.99 Å². The van der Waals surface area contributed by atoms with Gasteiger partial charge in [0.2, 0.25) is 5.90 Å². The van der Waals surface area contributed by atoms with Crippen LogP contribution in [0.1, 0.15) is 22.8 Å². The zero-order valence-corrected chi connectivity index (χ0v) is 9.19. The van der Waals surface area contributed by atoms with Crippen LogP contribution in [-0.2, 0) is 4.74 Å². The van der Waals surface area contributed by atoms with Gasteiger partial charge in [-0.15, -0.1) is 0 Å². The topological polar surface area (TPSA) is 50.7 Å². The Morgan fingerprint density at radius 2 is 2.31 bits per heavy atom. The number of nitrogens with one attached hydrogen (secondary N) is 1. The normalized spacial score (nSPS) is 14.2. The average Bonchev–Trinajstić information content (AvgIpc) is 2.83. The van der Waals surface area contributed by atoms with Gasteiger partial charge >= 0.3 is 0 Å². The molecular weight excluding hydrogens is 204 g/mol. The summed E-state index contributed by atoms with van der Waals surface area (Å²) in [4.78, 5) is 16.0. The highest BCUT2D eigenvalue weighted by molar-refractivity contribution is 6.07. The van der Waals surface area contributed by atoms with Crippen LogP contribution in [0.25, 0.3) is 0 Å². The van der Waals surface area contributed by atoms with Gasteiger partial charge in [0.25, 0.3) is 5.91 Å². The summed E-state index contributed by atoms with van der Waals surface area (Å²) in [5.41, 5.74) is 1.39. The molecule has 0 aromatic heterocycles. The molecule has 1 N–H and O–H groups in total. The summed E-state index contributed by atoms with van der Waals surface area (Å²) in [6, 6.07) is 7.35. The molecule has 1 heterocycles. The van der Waals surface area contributed by atoms with Crippen molar-refractivity contribution >= 4 is 11.8 Å². The Balaban J connectivity index is 2.33. The van der Waals surface area contributed by atoms with Crippen molar-refractivity contribution in [3.05, 3.63) is 35.4 Å². The van der Waals surface area contributed by atoms with Crippen molar-refractivity contribution in [2.24, 2.45) is 4.99 Å². The third-order valence-electron chi connectivity index (χ3n) is 2.32. The molecule has 0 bridgehead atoms. The largest absolute Gasteiger partial charge is 0.475 e. The van der Waals surface area contributed by atoms with Crippen LogP contribution >= 0.6 is 0 Å². The first-order valence-corrected chi connectivity index (χ1v) is 5.37. The molecule has 1 aromatic rings. The number of ether oxygens (including phenoxy) is 1. The number of hydrogen-bond donors (Lipinski definition) is 1. The molecule has 2 rings (SSSR count). The van der Waals surface area contributed by atoms with Crippen molar-refractivity contribution in [1.29, 1.82) is 0 Å². The minimum Gasteiger partial charge on any atom is -0.475 e. The fraction of sp³-hybridized carbons (Fsp3) is 0.333. The van der Waals surface area contributed by atoms with Crippen molar-refractivity contribution in [1.82, 2.24) is 5.32 Å². The molecule has 1 aliphatic rings. The smallest absolute Gasteiger partial charge is 0.252 e. The molecular formula is C12H14N2O2. The van der Waals surface area contributed by atoms with Gasteiger partial charge < -0.3 is 10.1 Å². The van der Waals surface area contributed by atoms with Gasteiger partial charge in [-0.3, -0.25) is 4.79 Å². The Bertz CT molecular complexity index is 427. The predicted octanol–water partition coefficient (Wildman–Crippen LogP) is 1.21. The number of amides is 1. The lowest BCUT2D eigenvalue weighted by Crippen LogP contribution is -2.25. The van der Waals surface area contributed by atoms with Gasteiger partial charge in [0.15, 0.2) is 0 Å². The van der Waals surface area contributed by atoms with E-state index in [2.05, 4.69) is 10.3 Å². The lowest BCUT2D eigenvalue weighted by atomic mass is 10.1. The van der Waals surface area contributed by atoms with E-state index >= 15 is 0 Å². The van der Waals surface area contributed by atoms with Crippen LogP contribution in [0, 0.1) is 0 Å². The maximum atomic E-state index is 11.8. The molecule has 1 aromatic carbocycles. The Labute approximate surface area is 94.3 Å². The average molecular weight is 218 g/mol. The van der Waals surface area contributed by atoms with E-state index in [4.69, 9.17) is 4.74 Å². The number of nitrogens with zero attached hydrogens (tertiary/aromatic N) is 1. The van der Waals surface area contributed by atoms with Crippen LogP contribution in [0.3, 0.4) is 0 Å². The molecule has 0 unspecified atom stereocenters. The van der Waals surface area contributed by atoms with Crippen LogP contribution in [0.5, 0.6) is 0 Å². The first kappa shape index (κ1) is 10.7. The van der Waals surface area contributed by atoms with E-state index in [0.29, 0.717) is 31.2 Å². The van der Waals surface area contributed by atoms with Gasteiger partial charge in [-0.1, -0.05) is 12.1 Å². The van der Waals surface area contributed by atoms with E-state index in [1.54, 1.807) is 6.07 Å². The molecule has 0 spiro atoms. The predicted molar refractivity (Wildman–Crippen MR) is 61.8 cm³/mol. The second kappa shape index (κ2) is 4.79. The molecule has 1 aliphatic heterocycles. The molecule has 0 atom stereocenters. The summed E-state index contributed by atoms with van der Waals surface area (Å²) < 4.78 is 5.38. The van der Waals surface area contributed by atoms with Crippen LogP contribution in [-0.4, -0.2) is 31.5 Å². The second-order valence-corrected chi connectivity index (χ2v) is 3.44. The second-order valence-electron chi connectivity index (χ2n) is 3.44. The molecule has 0 aliphatic carbocycles. The summed E-state index contributed by atoms with van der Waals surface area (Å²) in [5, 5.41) is 2.78. The van der Waals surface area contributed by atoms with Gasteiger partial charge in [-0.05, 0) is 19.1 Å². The van der Waals surface area contributed by atoms with E-state index in [1.807, 2.05) is 25.1 Å². The number of carbonyl (C=O) groups is 1. The molecule has 16 heavy (non-hydrogen) atoms. The Hall–Kier alpha value is -1.84. The summed E-state index contributed by atoms with van der Waals surface area (Å²) in [7, 11) is 0. The molecule has 84 valence electrons. The molecule has 4 nitrogen and oxygen atoms in total. The van der Waals surface area contributed by atoms with Gasteiger partial charge in [0.1, 0.15) is 6.61 Å². The Morgan fingerprint density at radius 1 is 1.50 bits per heavy atom. The zero-order valence-electron chi connectivity index (χ0n) is 9.19. The highest BCUT2D eigenvalue weighted by Gasteiger charge is 2.17. The van der Waals surface area contributed by atoms with Crippen molar-refractivity contribution in [3.8, 4) is 0 Å². The fourth-order valence-electron chi connectivity index (χ4n) is 1.62. The molecule has 4 heteroatoms. The van der Waals surface area contributed by atoms with Crippen molar-refractivity contribution in [2.75, 3.05) is 19.7 Å². The number of rotatable bonds is 3. The van der Waals surface area contributed by atoms with E-state index in [9.17, 15) is 4.79 Å². The quantitative estimate of drug-likeness (QED) is 0.829. The minimum absolute atomic E-state index is 0.0868. The Kier molecular flexibility index (Phi) is 3.19. The standard InChI is InChI=1S/C12H14N2O2/c1-2-13-11(15)9-5-3-4-6-10(9)12-14-7-8-16-12/h3-6H,2,7-8H2,1H3,(H,13,15). The SMILES string of the molecule is CCNC(=O)c1ccccc1C1=NCCO1. The molecule has 0 saturated heterocycles. The summed E-state index contributed by atoms with van der Waals surface area (Å²) in [6.07, 6.45) is 0. The van der Waals surface area contributed by atoms with Crippen LogP contribution in [0.2, 0.25) is 0 Å². The van der Waals surface area contributed by atoms with Gasteiger partial charge in [-0.2, -0.15) is 0 Å². The molecule has 0 radical (unpaired) electrons. The lowest BCUT2D eigenvalue weighted by molar-refractivity contribution is 0.0955. The maximum Gasteiger partial charge on any atom is 0.252 e. The number of aliphatic imine (C=N–C) groups is 1. The summed E-state index contributed by atoms with van der Waals surface area (Å²) in [5.74, 6) is 0.484. The van der Waals surface area contributed by atoms with Crippen LogP contribution in [0.15, 0.2) is 29.3 Å². The Morgan fingerprint density at radius 3 is 3.00 bits per heavy atom. The monoisotopic (exact) mass is 218 g/mol. The third-order valence-corrected chi connectivity index (χ3v) is 2.32. The summed E-state index contributed by atoms with van der Waals surface area (Å²) in [6.45, 7) is 3.77. The first-order chi connectivity index (χ1) is 7.83. The van der Waals surface area contributed by atoms with E-state index < -0.39 is 0 Å². The maximum absolute atomic E-state index is 11.8. The highest BCUT2D eigenvalue weighted by Crippen LogP contribution is 2.13. The number of hydrogen-bond acceptors (Lipinski definition) is 3. The molecule has 0 saturated carbocycles.